The molecule has 0 atom stereocenters. The molecule has 0 amide bonds. The number of ether oxygens (including phenoxy) is 1. The second-order valence-electron chi connectivity index (χ2n) is 5.90. The number of morpholine rings is 1. The summed E-state index contributed by atoms with van der Waals surface area (Å²) in [4.78, 5) is 0.118. The van der Waals surface area contributed by atoms with Crippen LogP contribution in [0.2, 0.25) is 0 Å². The van der Waals surface area contributed by atoms with Crippen LogP contribution in [0.25, 0.3) is 6.08 Å². The largest absolute Gasteiger partial charge is 0.379 e. The van der Waals surface area contributed by atoms with Gasteiger partial charge in [-0.15, -0.1) is 0 Å². The Morgan fingerprint density at radius 2 is 1.52 bits per heavy atom. The number of hydrogen-bond donors (Lipinski definition) is 1. The molecule has 2 aromatic rings. The van der Waals surface area contributed by atoms with Gasteiger partial charge in [-0.05, 0) is 35.9 Å². The van der Waals surface area contributed by atoms with Crippen LogP contribution < -0.4 is 4.72 Å². The summed E-state index contributed by atoms with van der Waals surface area (Å²) in [5.74, 6) is 0. The molecule has 0 bridgehead atoms. The Morgan fingerprint density at radius 1 is 0.889 bits per heavy atom. The molecule has 0 aliphatic carbocycles. The Morgan fingerprint density at radius 3 is 2.15 bits per heavy atom. The predicted molar refractivity (Wildman–Crippen MR) is 104 cm³/mol. The highest BCUT2D eigenvalue weighted by molar-refractivity contribution is 7.95. The van der Waals surface area contributed by atoms with Gasteiger partial charge in [-0.1, -0.05) is 30.3 Å². The standard InChI is InChI=1S/C18H20N2O5S2/c21-26(22,15-10-16-4-2-1-3-5-16)19-17-6-8-18(9-7-17)27(23,24)20-11-13-25-14-12-20/h1-10,15,19H,11-14H2/b15-10+. The summed E-state index contributed by atoms with van der Waals surface area (Å²) >= 11 is 0. The molecule has 1 aliphatic rings. The minimum Gasteiger partial charge on any atom is -0.379 e. The van der Waals surface area contributed by atoms with Crippen molar-refractivity contribution in [3.8, 4) is 0 Å². The summed E-state index contributed by atoms with van der Waals surface area (Å²) in [6.45, 7) is 1.34. The average Bonchev–Trinajstić information content (AvgIpc) is 2.68. The normalized spacial score (nSPS) is 16.4. The van der Waals surface area contributed by atoms with Gasteiger partial charge < -0.3 is 4.74 Å². The first-order valence-electron chi connectivity index (χ1n) is 8.31. The van der Waals surface area contributed by atoms with Crippen molar-refractivity contribution in [1.82, 2.24) is 4.31 Å². The molecule has 1 N–H and O–H groups in total. The zero-order chi connectivity index (χ0) is 19.3. The molecule has 7 nitrogen and oxygen atoms in total. The van der Waals surface area contributed by atoms with Crippen LogP contribution in [0.5, 0.6) is 0 Å². The second kappa shape index (κ2) is 8.22. The number of rotatable bonds is 6. The first-order chi connectivity index (χ1) is 12.9. The summed E-state index contributed by atoms with van der Waals surface area (Å²) < 4.78 is 58.4. The number of sulfonamides is 2. The molecule has 0 unspecified atom stereocenters. The van der Waals surface area contributed by atoms with Gasteiger partial charge in [0.15, 0.2) is 0 Å². The van der Waals surface area contributed by atoms with E-state index in [0.717, 1.165) is 11.0 Å². The molecule has 0 spiro atoms. The maximum Gasteiger partial charge on any atom is 0.255 e. The Bertz CT molecular complexity index is 995. The summed E-state index contributed by atoms with van der Waals surface area (Å²) in [5, 5.41) is 1.07. The third-order valence-corrected chi connectivity index (χ3v) is 6.89. The van der Waals surface area contributed by atoms with Crippen molar-refractivity contribution in [2.24, 2.45) is 0 Å². The smallest absolute Gasteiger partial charge is 0.255 e. The fourth-order valence-electron chi connectivity index (χ4n) is 2.56. The van der Waals surface area contributed by atoms with E-state index in [4.69, 9.17) is 4.74 Å². The molecule has 9 heteroatoms. The van der Waals surface area contributed by atoms with E-state index in [1.165, 1.54) is 34.6 Å². The van der Waals surface area contributed by atoms with Gasteiger partial charge in [-0.2, -0.15) is 4.31 Å². The monoisotopic (exact) mass is 408 g/mol. The minimum absolute atomic E-state index is 0.118. The summed E-state index contributed by atoms with van der Waals surface area (Å²) in [5.41, 5.74) is 1.04. The first kappa shape index (κ1) is 19.6. The summed E-state index contributed by atoms with van der Waals surface area (Å²) in [6.07, 6.45) is 1.49. The van der Waals surface area contributed by atoms with Crippen molar-refractivity contribution in [2.45, 2.75) is 4.90 Å². The zero-order valence-corrected chi connectivity index (χ0v) is 16.1. The van der Waals surface area contributed by atoms with Crippen LogP contribution in [0.4, 0.5) is 5.69 Å². The van der Waals surface area contributed by atoms with E-state index >= 15 is 0 Å². The Labute approximate surface area is 159 Å². The summed E-state index contributed by atoms with van der Waals surface area (Å²) in [6, 6.07) is 14.7. The minimum atomic E-state index is -3.71. The Kier molecular flexibility index (Phi) is 5.95. The van der Waals surface area contributed by atoms with Crippen LogP contribution in [-0.4, -0.2) is 47.4 Å². The van der Waals surface area contributed by atoms with Crippen molar-refractivity contribution in [3.63, 3.8) is 0 Å². The lowest BCUT2D eigenvalue weighted by atomic mass is 10.2. The molecule has 1 fully saturated rings. The van der Waals surface area contributed by atoms with E-state index in [2.05, 4.69) is 4.72 Å². The van der Waals surface area contributed by atoms with Crippen LogP contribution in [0.3, 0.4) is 0 Å². The molecular weight excluding hydrogens is 388 g/mol. The van der Waals surface area contributed by atoms with Crippen molar-refractivity contribution in [1.29, 1.82) is 0 Å². The molecule has 1 heterocycles. The van der Waals surface area contributed by atoms with Gasteiger partial charge in [0.05, 0.1) is 23.5 Å². The van der Waals surface area contributed by atoms with Crippen LogP contribution in [0, 0.1) is 0 Å². The van der Waals surface area contributed by atoms with Crippen LogP contribution >= 0.6 is 0 Å². The quantitative estimate of drug-likeness (QED) is 0.790. The lowest BCUT2D eigenvalue weighted by Crippen LogP contribution is -2.40. The van der Waals surface area contributed by atoms with Crippen molar-refractivity contribution in [2.75, 3.05) is 31.0 Å². The molecule has 1 aliphatic heterocycles. The third-order valence-electron chi connectivity index (χ3n) is 3.96. The number of benzene rings is 2. The van der Waals surface area contributed by atoms with E-state index in [0.29, 0.717) is 26.3 Å². The van der Waals surface area contributed by atoms with E-state index in [9.17, 15) is 16.8 Å². The van der Waals surface area contributed by atoms with Crippen molar-refractivity contribution in [3.05, 3.63) is 65.6 Å². The highest BCUT2D eigenvalue weighted by atomic mass is 32.2. The number of nitrogens with one attached hydrogen (secondary N) is 1. The zero-order valence-electron chi connectivity index (χ0n) is 14.5. The van der Waals surface area contributed by atoms with Gasteiger partial charge in [0, 0.05) is 18.8 Å². The molecule has 0 aromatic heterocycles. The van der Waals surface area contributed by atoms with Gasteiger partial charge in [0.1, 0.15) is 0 Å². The lowest BCUT2D eigenvalue weighted by Gasteiger charge is -2.26. The molecule has 27 heavy (non-hydrogen) atoms. The molecule has 3 rings (SSSR count). The van der Waals surface area contributed by atoms with Gasteiger partial charge in [-0.3, -0.25) is 4.72 Å². The number of anilines is 1. The SMILES string of the molecule is O=S(=O)(/C=C/c1ccccc1)Nc1ccc(S(=O)(=O)N2CCOCC2)cc1. The van der Waals surface area contributed by atoms with Gasteiger partial charge in [0.2, 0.25) is 10.0 Å². The molecule has 1 saturated heterocycles. The average molecular weight is 409 g/mol. The first-order valence-corrected chi connectivity index (χ1v) is 11.3. The summed E-state index contributed by atoms with van der Waals surface area (Å²) in [7, 11) is -7.32. The second-order valence-corrected chi connectivity index (χ2v) is 9.41. The predicted octanol–water partition coefficient (Wildman–Crippen LogP) is 2.12. The van der Waals surface area contributed by atoms with Crippen LogP contribution in [0.1, 0.15) is 5.56 Å². The molecule has 2 aromatic carbocycles. The maximum absolute atomic E-state index is 12.6. The molecular formula is C18H20N2O5S2. The number of nitrogens with zero attached hydrogens (tertiary/aromatic N) is 1. The fourth-order valence-corrected chi connectivity index (χ4v) is 4.84. The van der Waals surface area contributed by atoms with Crippen LogP contribution in [-0.2, 0) is 24.8 Å². The fraction of sp³-hybridized carbons (Fsp3) is 0.222. The van der Waals surface area contributed by atoms with Crippen molar-refractivity contribution >= 4 is 31.8 Å². The van der Waals surface area contributed by atoms with E-state index in [1.54, 1.807) is 12.1 Å². The molecule has 0 radical (unpaired) electrons. The Hall–Kier alpha value is -2.20. The van der Waals surface area contributed by atoms with E-state index in [1.807, 2.05) is 18.2 Å². The number of hydrogen-bond acceptors (Lipinski definition) is 5. The topological polar surface area (TPSA) is 92.8 Å². The van der Waals surface area contributed by atoms with Gasteiger partial charge in [0.25, 0.3) is 10.0 Å². The maximum atomic E-state index is 12.6. The molecule has 144 valence electrons. The third kappa shape index (κ3) is 5.16. The molecule has 0 saturated carbocycles. The van der Waals surface area contributed by atoms with E-state index < -0.39 is 20.0 Å². The highest BCUT2D eigenvalue weighted by Crippen LogP contribution is 2.20. The lowest BCUT2D eigenvalue weighted by molar-refractivity contribution is 0.0730. The van der Waals surface area contributed by atoms with Crippen molar-refractivity contribution < 1.29 is 21.6 Å². The highest BCUT2D eigenvalue weighted by Gasteiger charge is 2.26. The van der Waals surface area contributed by atoms with Crippen LogP contribution in [0.15, 0.2) is 64.9 Å². The van der Waals surface area contributed by atoms with Gasteiger partial charge >= 0.3 is 0 Å². The van der Waals surface area contributed by atoms with Gasteiger partial charge in [-0.25, -0.2) is 16.8 Å². The Balaban J connectivity index is 1.71. The van der Waals surface area contributed by atoms with E-state index in [-0.39, 0.29) is 10.6 Å².